The summed E-state index contributed by atoms with van der Waals surface area (Å²) in [5.74, 6) is 0.419. The molecule has 0 bridgehead atoms. The molecule has 0 fully saturated rings. The Labute approximate surface area is 147 Å². The van der Waals surface area contributed by atoms with Gasteiger partial charge in [-0.1, -0.05) is 11.6 Å². The van der Waals surface area contributed by atoms with Crippen molar-refractivity contribution in [3.05, 3.63) is 69.0 Å². The molecule has 8 heteroatoms. The minimum absolute atomic E-state index is 0.0160. The molecule has 3 aromatic rings. The Morgan fingerprint density at radius 1 is 1.24 bits per heavy atom. The van der Waals surface area contributed by atoms with Gasteiger partial charge >= 0.3 is 0 Å². The van der Waals surface area contributed by atoms with Crippen LogP contribution in [0.4, 0.5) is 15.9 Å². The fourth-order valence-electron chi connectivity index (χ4n) is 2.97. The van der Waals surface area contributed by atoms with E-state index in [1.165, 1.54) is 24.3 Å². The van der Waals surface area contributed by atoms with Gasteiger partial charge in [0.25, 0.3) is 5.69 Å². The molecular weight excluding hydrogens is 347 g/mol. The van der Waals surface area contributed by atoms with E-state index >= 15 is 0 Å². The summed E-state index contributed by atoms with van der Waals surface area (Å²) in [4.78, 5) is 10.4. The largest absolute Gasteiger partial charge is 0.369 e. The summed E-state index contributed by atoms with van der Waals surface area (Å²) in [6, 6.07) is 10.4. The Morgan fingerprint density at radius 3 is 2.68 bits per heavy atom. The highest BCUT2D eigenvalue weighted by molar-refractivity contribution is 6.33. The van der Waals surface area contributed by atoms with Crippen molar-refractivity contribution in [3.8, 4) is 16.9 Å². The lowest BCUT2D eigenvalue weighted by Crippen LogP contribution is -2.04. The number of nitrogens with one attached hydrogen (secondary N) is 1. The number of benzene rings is 2. The van der Waals surface area contributed by atoms with Crippen LogP contribution in [0.3, 0.4) is 0 Å². The summed E-state index contributed by atoms with van der Waals surface area (Å²) in [7, 11) is 0. The molecule has 2 aromatic carbocycles. The molecule has 0 radical (unpaired) electrons. The van der Waals surface area contributed by atoms with E-state index in [9.17, 15) is 14.5 Å². The minimum Gasteiger partial charge on any atom is -0.369 e. The van der Waals surface area contributed by atoms with Crippen LogP contribution in [0, 0.1) is 15.9 Å². The van der Waals surface area contributed by atoms with Crippen LogP contribution in [0.2, 0.25) is 5.02 Å². The highest BCUT2D eigenvalue weighted by Crippen LogP contribution is 2.37. The topological polar surface area (TPSA) is 73.0 Å². The Bertz CT molecular complexity index is 985. The summed E-state index contributed by atoms with van der Waals surface area (Å²) < 4.78 is 15.0. The highest BCUT2D eigenvalue weighted by atomic mass is 35.5. The van der Waals surface area contributed by atoms with Crippen LogP contribution < -0.4 is 5.32 Å². The van der Waals surface area contributed by atoms with Gasteiger partial charge in [0, 0.05) is 29.8 Å². The Morgan fingerprint density at radius 2 is 2.00 bits per heavy atom. The number of fused-ring (bicyclic) bond motifs is 1. The SMILES string of the molecule is O=[N+]([O-])c1ccc(-n2nc(-c3ccc(F)cc3Cl)c3c2NCC3)cc1. The van der Waals surface area contributed by atoms with E-state index in [1.54, 1.807) is 22.9 Å². The van der Waals surface area contributed by atoms with Crippen molar-refractivity contribution in [3.63, 3.8) is 0 Å². The van der Waals surface area contributed by atoms with Crippen molar-refractivity contribution in [1.29, 1.82) is 0 Å². The zero-order valence-electron chi connectivity index (χ0n) is 12.9. The number of rotatable bonds is 3. The number of hydrogen-bond donors (Lipinski definition) is 1. The average molecular weight is 359 g/mol. The lowest BCUT2D eigenvalue weighted by atomic mass is 10.1. The first-order chi connectivity index (χ1) is 12.0. The van der Waals surface area contributed by atoms with Gasteiger partial charge in [-0.25, -0.2) is 9.07 Å². The van der Waals surface area contributed by atoms with Crippen LogP contribution in [-0.2, 0) is 6.42 Å². The first-order valence-corrected chi connectivity index (χ1v) is 7.98. The molecule has 0 saturated heterocycles. The Kier molecular flexibility index (Phi) is 3.65. The van der Waals surface area contributed by atoms with Gasteiger partial charge in [-0.2, -0.15) is 5.10 Å². The van der Waals surface area contributed by atoms with Crippen LogP contribution in [0.5, 0.6) is 0 Å². The summed E-state index contributed by atoms with van der Waals surface area (Å²) in [5, 5.41) is 19.0. The molecule has 0 aliphatic carbocycles. The van der Waals surface area contributed by atoms with Gasteiger partial charge in [0.2, 0.25) is 0 Å². The quantitative estimate of drug-likeness (QED) is 0.562. The lowest BCUT2D eigenvalue weighted by Gasteiger charge is -2.06. The van der Waals surface area contributed by atoms with Crippen molar-refractivity contribution >= 4 is 23.1 Å². The lowest BCUT2D eigenvalue weighted by molar-refractivity contribution is -0.384. The number of nitro groups is 1. The molecule has 0 atom stereocenters. The molecule has 126 valence electrons. The number of halogens is 2. The third-order valence-electron chi connectivity index (χ3n) is 4.14. The first kappa shape index (κ1) is 15.6. The molecule has 1 N–H and O–H groups in total. The summed E-state index contributed by atoms with van der Waals surface area (Å²) in [5.41, 5.74) is 3.04. The maximum atomic E-state index is 13.3. The molecule has 6 nitrogen and oxygen atoms in total. The fourth-order valence-corrected chi connectivity index (χ4v) is 3.23. The Balaban J connectivity index is 1.84. The average Bonchev–Trinajstić information content (AvgIpc) is 3.18. The van der Waals surface area contributed by atoms with Crippen molar-refractivity contribution in [2.24, 2.45) is 0 Å². The van der Waals surface area contributed by atoms with E-state index in [-0.39, 0.29) is 5.69 Å². The molecule has 0 amide bonds. The van der Waals surface area contributed by atoms with Gasteiger partial charge in [0.15, 0.2) is 0 Å². The molecule has 1 aliphatic heterocycles. The molecule has 25 heavy (non-hydrogen) atoms. The summed E-state index contributed by atoms with van der Waals surface area (Å²) in [6.07, 6.45) is 0.769. The normalized spacial score (nSPS) is 12.7. The molecule has 2 heterocycles. The van der Waals surface area contributed by atoms with Crippen LogP contribution in [0.15, 0.2) is 42.5 Å². The van der Waals surface area contributed by atoms with Gasteiger partial charge in [-0.15, -0.1) is 0 Å². The van der Waals surface area contributed by atoms with Crippen LogP contribution in [0.25, 0.3) is 16.9 Å². The fraction of sp³-hybridized carbons (Fsp3) is 0.118. The van der Waals surface area contributed by atoms with Crippen LogP contribution >= 0.6 is 11.6 Å². The highest BCUT2D eigenvalue weighted by Gasteiger charge is 2.25. The third-order valence-corrected chi connectivity index (χ3v) is 4.46. The predicted molar refractivity (Wildman–Crippen MR) is 92.8 cm³/mol. The Hall–Kier alpha value is -2.93. The molecule has 0 saturated carbocycles. The first-order valence-electron chi connectivity index (χ1n) is 7.60. The molecule has 0 unspecified atom stereocenters. The van der Waals surface area contributed by atoms with Crippen LogP contribution in [-0.4, -0.2) is 21.2 Å². The van der Waals surface area contributed by atoms with E-state index in [0.29, 0.717) is 22.0 Å². The standard InChI is InChI=1S/C17H12ClFN4O2/c18-15-9-10(19)1-6-13(15)16-14-7-8-20-17(14)22(21-16)11-2-4-12(5-3-11)23(24)25/h1-6,9,20H,7-8H2. The minimum atomic E-state index is -0.445. The molecule has 1 aromatic heterocycles. The van der Waals surface area contributed by atoms with Gasteiger partial charge in [0.1, 0.15) is 11.6 Å². The zero-order valence-corrected chi connectivity index (χ0v) is 13.6. The third kappa shape index (κ3) is 2.62. The van der Waals surface area contributed by atoms with Crippen molar-refractivity contribution in [1.82, 2.24) is 9.78 Å². The van der Waals surface area contributed by atoms with Crippen LogP contribution in [0.1, 0.15) is 5.56 Å². The number of nitro benzene ring substituents is 1. The summed E-state index contributed by atoms with van der Waals surface area (Å²) in [6.45, 7) is 0.756. The second-order valence-electron chi connectivity index (χ2n) is 5.66. The smallest absolute Gasteiger partial charge is 0.269 e. The second-order valence-corrected chi connectivity index (χ2v) is 6.07. The van der Waals surface area contributed by atoms with Crippen molar-refractivity contribution in [2.45, 2.75) is 6.42 Å². The zero-order chi connectivity index (χ0) is 17.6. The monoisotopic (exact) mass is 358 g/mol. The van der Waals surface area contributed by atoms with Gasteiger partial charge in [-0.3, -0.25) is 10.1 Å². The molecular formula is C17H12ClFN4O2. The molecule has 0 spiro atoms. The van der Waals surface area contributed by atoms with Gasteiger partial charge in [0.05, 0.1) is 21.3 Å². The second kappa shape index (κ2) is 5.86. The maximum absolute atomic E-state index is 13.3. The van der Waals surface area contributed by atoms with E-state index in [2.05, 4.69) is 10.4 Å². The predicted octanol–water partition coefficient (Wildman–Crippen LogP) is 4.21. The van der Waals surface area contributed by atoms with Crippen molar-refractivity contribution in [2.75, 3.05) is 11.9 Å². The number of hydrogen-bond acceptors (Lipinski definition) is 4. The van der Waals surface area contributed by atoms with E-state index in [4.69, 9.17) is 11.6 Å². The number of non-ortho nitro benzene ring substituents is 1. The molecule has 1 aliphatic rings. The van der Waals surface area contributed by atoms with Crippen molar-refractivity contribution < 1.29 is 9.31 Å². The van der Waals surface area contributed by atoms with Gasteiger partial charge < -0.3 is 5.32 Å². The van der Waals surface area contributed by atoms with E-state index < -0.39 is 10.7 Å². The number of anilines is 1. The maximum Gasteiger partial charge on any atom is 0.269 e. The number of aromatic nitrogens is 2. The molecule has 4 rings (SSSR count). The van der Waals surface area contributed by atoms with E-state index in [0.717, 1.165) is 24.3 Å². The summed E-state index contributed by atoms with van der Waals surface area (Å²) >= 11 is 6.19. The van der Waals surface area contributed by atoms with Gasteiger partial charge in [-0.05, 0) is 36.8 Å². The number of nitrogens with zero attached hydrogens (tertiary/aromatic N) is 3. The van der Waals surface area contributed by atoms with E-state index in [1.807, 2.05) is 0 Å².